The molecule has 0 atom stereocenters. The number of carboxylic acids is 1. The number of carboxylic acid groups (broad SMARTS) is 1. The van der Waals surface area contributed by atoms with E-state index in [1.54, 1.807) is 0 Å². The Hall–Kier alpha value is -0.750. The Bertz CT molecular complexity index is 705. The number of sulfonamides is 1. The molecule has 0 aromatic heterocycles. The molecule has 11 heteroatoms. The van der Waals surface area contributed by atoms with E-state index >= 15 is 0 Å². The average molecular weight is 428 g/mol. The van der Waals surface area contributed by atoms with E-state index < -0.39 is 30.9 Å². The summed E-state index contributed by atoms with van der Waals surface area (Å²) in [6, 6.07) is 0. The van der Waals surface area contributed by atoms with Crippen LogP contribution >= 0.6 is 0 Å². The summed E-state index contributed by atoms with van der Waals surface area (Å²) in [6.07, 6.45) is 4.65. The second-order valence-corrected chi connectivity index (χ2v) is 11.2. The minimum Gasteiger partial charge on any atom is -0.480 e. The van der Waals surface area contributed by atoms with Crippen LogP contribution in [0.3, 0.4) is 0 Å². The SMILES string of the molecule is CS(=O)(=O)OCCCCC1CCN(S(=O)(=O)C2(C(=O)O)CCOCC2)CC1. The Morgan fingerprint density at radius 1 is 1.15 bits per heavy atom. The number of piperidine rings is 1. The van der Waals surface area contributed by atoms with Crippen molar-refractivity contribution in [3.05, 3.63) is 0 Å². The van der Waals surface area contributed by atoms with Gasteiger partial charge in [0.15, 0.2) is 4.75 Å². The standard InChI is InChI=1S/C16H29NO8S2/c1-26(20,21)25-11-3-2-4-14-5-9-17(10-6-14)27(22,23)16(15(18)19)7-12-24-13-8-16/h14H,2-13H2,1H3,(H,18,19). The van der Waals surface area contributed by atoms with E-state index in [9.17, 15) is 26.7 Å². The first-order chi connectivity index (χ1) is 12.6. The number of hydrogen-bond donors (Lipinski definition) is 1. The van der Waals surface area contributed by atoms with Crippen LogP contribution in [0, 0.1) is 5.92 Å². The van der Waals surface area contributed by atoms with Crippen LogP contribution in [0.1, 0.15) is 44.9 Å². The van der Waals surface area contributed by atoms with Crippen LogP contribution in [0.5, 0.6) is 0 Å². The molecule has 2 aliphatic rings. The molecule has 2 fully saturated rings. The third-order valence-corrected chi connectivity index (χ3v) is 8.61. The zero-order valence-electron chi connectivity index (χ0n) is 15.6. The summed E-state index contributed by atoms with van der Waals surface area (Å²) in [4.78, 5) is 11.8. The van der Waals surface area contributed by atoms with Gasteiger partial charge >= 0.3 is 5.97 Å². The third kappa shape index (κ3) is 5.63. The largest absolute Gasteiger partial charge is 0.480 e. The van der Waals surface area contributed by atoms with Gasteiger partial charge in [-0.25, -0.2) is 12.7 Å². The lowest BCUT2D eigenvalue weighted by atomic mass is 9.92. The molecule has 0 unspecified atom stereocenters. The molecule has 2 aliphatic heterocycles. The number of ether oxygens (including phenoxy) is 1. The van der Waals surface area contributed by atoms with Crippen LogP contribution in [0.25, 0.3) is 0 Å². The van der Waals surface area contributed by atoms with Gasteiger partial charge in [0.25, 0.3) is 10.1 Å². The summed E-state index contributed by atoms with van der Waals surface area (Å²) in [5, 5.41) is 9.61. The zero-order chi connectivity index (χ0) is 20.1. The summed E-state index contributed by atoms with van der Waals surface area (Å²) >= 11 is 0. The minimum atomic E-state index is -3.95. The van der Waals surface area contributed by atoms with Gasteiger partial charge < -0.3 is 9.84 Å². The molecule has 0 aliphatic carbocycles. The average Bonchev–Trinajstić information content (AvgIpc) is 2.61. The zero-order valence-corrected chi connectivity index (χ0v) is 17.3. The van der Waals surface area contributed by atoms with Crippen LogP contribution in [-0.2, 0) is 33.9 Å². The molecule has 2 rings (SSSR count). The van der Waals surface area contributed by atoms with E-state index in [4.69, 9.17) is 8.92 Å². The molecule has 2 heterocycles. The molecule has 158 valence electrons. The predicted octanol–water partition coefficient (Wildman–Crippen LogP) is 0.809. The van der Waals surface area contributed by atoms with Crippen molar-refractivity contribution in [3.63, 3.8) is 0 Å². The van der Waals surface area contributed by atoms with Gasteiger partial charge in [0.1, 0.15) is 0 Å². The summed E-state index contributed by atoms with van der Waals surface area (Å²) in [7, 11) is -7.35. The number of hydrogen-bond acceptors (Lipinski definition) is 7. The highest BCUT2D eigenvalue weighted by molar-refractivity contribution is 7.91. The number of carbonyl (C=O) groups is 1. The van der Waals surface area contributed by atoms with Gasteiger partial charge in [0, 0.05) is 39.1 Å². The first-order valence-corrected chi connectivity index (χ1v) is 12.5. The van der Waals surface area contributed by atoms with Crippen molar-refractivity contribution in [1.29, 1.82) is 0 Å². The Morgan fingerprint density at radius 2 is 1.74 bits per heavy atom. The van der Waals surface area contributed by atoms with E-state index in [0.29, 0.717) is 38.3 Å². The molecule has 9 nitrogen and oxygen atoms in total. The fourth-order valence-corrected chi connectivity index (χ4v) is 6.22. The lowest BCUT2D eigenvalue weighted by Crippen LogP contribution is -2.57. The normalized spacial score (nSPS) is 22.6. The second-order valence-electron chi connectivity index (χ2n) is 7.28. The highest BCUT2D eigenvalue weighted by Gasteiger charge is 2.54. The molecular formula is C16H29NO8S2. The monoisotopic (exact) mass is 427 g/mol. The lowest BCUT2D eigenvalue weighted by molar-refractivity contribution is -0.142. The van der Waals surface area contributed by atoms with Crippen LogP contribution < -0.4 is 0 Å². The van der Waals surface area contributed by atoms with Crippen molar-refractivity contribution >= 4 is 26.1 Å². The number of aliphatic carboxylic acids is 1. The summed E-state index contributed by atoms with van der Waals surface area (Å²) < 4.78 is 57.3. The summed E-state index contributed by atoms with van der Waals surface area (Å²) in [5.41, 5.74) is 0. The summed E-state index contributed by atoms with van der Waals surface area (Å²) in [6.45, 7) is 1.08. The molecule has 2 saturated heterocycles. The molecule has 27 heavy (non-hydrogen) atoms. The van der Waals surface area contributed by atoms with Gasteiger partial charge in [-0.05, 0) is 25.2 Å². The van der Waals surface area contributed by atoms with E-state index in [1.165, 1.54) is 4.31 Å². The fraction of sp³-hybridized carbons (Fsp3) is 0.938. The highest BCUT2D eigenvalue weighted by Crippen LogP contribution is 2.35. The van der Waals surface area contributed by atoms with E-state index in [0.717, 1.165) is 19.1 Å². The van der Waals surface area contributed by atoms with Gasteiger partial charge in [0.05, 0.1) is 12.9 Å². The van der Waals surface area contributed by atoms with Crippen molar-refractivity contribution in [2.75, 3.05) is 39.2 Å². The lowest BCUT2D eigenvalue weighted by Gasteiger charge is -2.39. The summed E-state index contributed by atoms with van der Waals surface area (Å²) in [5.74, 6) is -0.941. The fourth-order valence-electron chi connectivity index (χ4n) is 3.71. The van der Waals surface area contributed by atoms with Crippen LogP contribution in [-0.4, -0.2) is 76.1 Å². The number of rotatable bonds is 9. The molecule has 0 aromatic carbocycles. The molecule has 0 saturated carbocycles. The number of unbranched alkanes of at least 4 members (excludes halogenated alkanes) is 1. The first kappa shape index (κ1) is 22.5. The van der Waals surface area contributed by atoms with Crippen LogP contribution in [0.4, 0.5) is 0 Å². The van der Waals surface area contributed by atoms with Crippen molar-refractivity contribution in [3.8, 4) is 0 Å². The molecule has 1 N–H and O–H groups in total. The van der Waals surface area contributed by atoms with Crippen molar-refractivity contribution in [2.45, 2.75) is 49.7 Å². The number of nitrogens with zero attached hydrogens (tertiary/aromatic N) is 1. The Morgan fingerprint density at radius 3 is 2.26 bits per heavy atom. The van der Waals surface area contributed by atoms with E-state index in [1.807, 2.05) is 0 Å². The van der Waals surface area contributed by atoms with Crippen molar-refractivity contribution in [1.82, 2.24) is 4.31 Å². The Kier molecular flexibility index (Phi) is 7.65. The third-order valence-electron chi connectivity index (χ3n) is 5.40. The maximum Gasteiger partial charge on any atom is 0.326 e. The van der Waals surface area contributed by atoms with Gasteiger partial charge in [-0.2, -0.15) is 8.42 Å². The van der Waals surface area contributed by atoms with Gasteiger partial charge in [-0.1, -0.05) is 12.8 Å². The highest BCUT2D eigenvalue weighted by atomic mass is 32.2. The predicted molar refractivity (Wildman–Crippen MR) is 98.3 cm³/mol. The van der Waals surface area contributed by atoms with Gasteiger partial charge in [-0.15, -0.1) is 0 Å². The minimum absolute atomic E-state index is 0.0229. The smallest absolute Gasteiger partial charge is 0.326 e. The molecular weight excluding hydrogens is 398 g/mol. The van der Waals surface area contributed by atoms with E-state index in [2.05, 4.69) is 0 Å². The Labute approximate surface area is 161 Å². The van der Waals surface area contributed by atoms with Gasteiger partial charge in [-0.3, -0.25) is 8.98 Å². The molecule has 0 radical (unpaired) electrons. The molecule has 0 bridgehead atoms. The molecule has 0 aromatic rings. The maximum atomic E-state index is 13.0. The Balaban J connectivity index is 1.84. The quantitative estimate of drug-likeness (QED) is 0.423. The molecule has 0 spiro atoms. The van der Waals surface area contributed by atoms with Gasteiger partial charge in [0.2, 0.25) is 10.0 Å². The van der Waals surface area contributed by atoms with E-state index in [-0.39, 0.29) is 32.7 Å². The van der Waals surface area contributed by atoms with Crippen molar-refractivity contribution < 1.29 is 35.7 Å². The maximum absolute atomic E-state index is 13.0. The van der Waals surface area contributed by atoms with Crippen LogP contribution in [0.15, 0.2) is 0 Å². The topological polar surface area (TPSA) is 127 Å². The van der Waals surface area contributed by atoms with Crippen LogP contribution in [0.2, 0.25) is 0 Å². The first-order valence-electron chi connectivity index (χ1n) is 9.24. The van der Waals surface area contributed by atoms with Crippen molar-refractivity contribution in [2.24, 2.45) is 5.92 Å². The molecule has 0 amide bonds. The second kappa shape index (κ2) is 9.17.